The summed E-state index contributed by atoms with van der Waals surface area (Å²) in [7, 11) is -3.84. The summed E-state index contributed by atoms with van der Waals surface area (Å²) in [6.45, 7) is 1.90. The van der Waals surface area contributed by atoms with E-state index >= 15 is 0 Å². The first-order valence-corrected chi connectivity index (χ1v) is 11.6. The second-order valence-electron chi connectivity index (χ2n) is 8.26. The van der Waals surface area contributed by atoms with Gasteiger partial charge in [-0.25, -0.2) is 4.39 Å². The minimum Gasteiger partial charge on any atom is -0.391 e. The Bertz CT molecular complexity index is 994. The van der Waals surface area contributed by atoms with E-state index in [0.717, 1.165) is 0 Å². The molecule has 1 saturated carbocycles. The molecule has 0 bridgehead atoms. The highest BCUT2D eigenvalue weighted by atomic mass is 32.2. The summed E-state index contributed by atoms with van der Waals surface area (Å²) in [5, 5.41) is 13.1. The van der Waals surface area contributed by atoms with Gasteiger partial charge in [-0.15, -0.1) is 0 Å². The third-order valence-corrected chi connectivity index (χ3v) is 7.79. The van der Waals surface area contributed by atoms with E-state index in [1.165, 1.54) is 16.4 Å². The van der Waals surface area contributed by atoms with E-state index < -0.39 is 28.3 Å². The zero-order valence-corrected chi connectivity index (χ0v) is 17.5. The van der Waals surface area contributed by atoms with Crippen LogP contribution in [-0.2, 0) is 15.0 Å². The van der Waals surface area contributed by atoms with Crippen molar-refractivity contribution in [2.24, 2.45) is 17.8 Å². The Balaban J connectivity index is 1.38. The molecule has 1 saturated heterocycles. The molecule has 1 aromatic rings. The molecule has 9 heteroatoms. The number of nitrogens with zero attached hydrogens (tertiary/aromatic N) is 1. The van der Waals surface area contributed by atoms with Crippen molar-refractivity contribution in [2.45, 2.75) is 31.9 Å². The molecular weight excluding hydrogens is 409 g/mol. The number of carbonyl (C=O) groups is 1. The van der Waals surface area contributed by atoms with Crippen LogP contribution in [0.3, 0.4) is 0 Å². The third-order valence-electron chi connectivity index (χ3n) is 6.21. The van der Waals surface area contributed by atoms with Crippen LogP contribution in [0.2, 0.25) is 0 Å². The predicted molar refractivity (Wildman–Crippen MR) is 111 cm³/mol. The highest BCUT2D eigenvalue weighted by Gasteiger charge is 2.44. The number of aliphatic hydroxyl groups is 1. The number of fused-ring (bicyclic) bond motifs is 1. The van der Waals surface area contributed by atoms with Crippen molar-refractivity contribution in [1.29, 1.82) is 0 Å². The fourth-order valence-corrected chi connectivity index (χ4v) is 6.03. The SMILES string of the molecule is Cc1cc(NC(=O)[C@H]2CCN(S(=O)(=O)N[C@@H]3C4C=CC=CC4C[C@H]3O)C2)ccc1F. The van der Waals surface area contributed by atoms with Gasteiger partial charge in [-0.05, 0) is 49.4 Å². The van der Waals surface area contributed by atoms with Crippen molar-refractivity contribution < 1.29 is 22.7 Å². The van der Waals surface area contributed by atoms with Crippen molar-refractivity contribution in [3.05, 3.63) is 53.9 Å². The highest BCUT2D eigenvalue weighted by Crippen LogP contribution is 2.37. The van der Waals surface area contributed by atoms with E-state index in [1.807, 2.05) is 24.3 Å². The summed E-state index contributed by atoms with van der Waals surface area (Å²) < 4.78 is 43.1. The molecule has 1 heterocycles. The Labute approximate surface area is 175 Å². The lowest BCUT2D eigenvalue weighted by atomic mass is 9.90. The Morgan fingerprint density at radius 2 is 2.03 bits per heavy atom. The van der Waals surface area contributed by atoms with Gasteiger partial charge in [-0.1, -0.05) is 24.3 Å². The highest BCUT2D eigenvalue weighted by molar-refractivity contribution is 7.87. The zero-order valence-electron chi connectivity index (χ0n) is 16.7. The fraction of sp³-hybridized carbons (Fsp3) is 0.476. The lowest BCUT2D eigenvalue weighted by Crippen LogP contribution is -2.49. The molecule has 1 amide bonds. The second kappa shape index (κ2) is 8.22. The van der Waals surface area contributed by atoms with Gasteiger partial charge in [0.15, 0.2) is 0 Å². The van der Waals surface area contributed by atoms with Crippen LogP contribution in [-0.4, -0.2) is 49.0 Å². The quantitative estimate of drug-likeness (QED) is 0.656. The molecular formula is C21H26FN3O4S. The monoisotopic (exact) mass is 435 g/mol. The Morgan fingerprint density at radius 1 is 1.27 bits per heavy atom. The lowest BCUT2D eigenvalue weighted by molar-refractivity contribution is -0.119. The van der Waals surface area contributed by atoms with Gasteiger partial charge >= 0.3 is 0 Å². The maximum atomic E-state index is 13.4. The van der Waals surface area contributed by atoms with Gasteiger partial charge in [0.2, 0.25) is 5.91 Å². The summed E-state index contributed by atoms with van der Waals surface area (Å²) in [5.74, 6) is -1.10. The molecule has 3 aliphatic rings. The van der Waals surface area contributed by atoms with Crippen molar-refractivity contribution in [2.75, 3.05) is 18.4 Å². The van der Waals surface area contributed by atoms with Crippen LogP contribution >= 0.6 is 0 Å². The van der Waals surface area contributed by atoms with Crippen LogP contribution in [0.1, 0.15) is 18.4 Å². The smallest absolute Gasteiger partial charge is 0.279 e. The number of rotatable bonds is 5. The molecule has 1 aliphatic heterocycles. The minimum atomic E-state index is -3.84. The van der Waals surface area contributed by atoms with Crippen LogP contribution in [0.25, 0.3) is 0 Å². The van der Waals surface area contributed by atoms with Gasteiger partial charge in [-0.2, -0.15) is 17.4 Å². The number of hydrogen-bond donors (Lipinski definition) is 3. The maximum Gasteiger partial charge on any atom is 0.279 e. The van der Waals surface area contributed by atoms with Gasteiger partial charge in [0, 0.05) is 24.7 Å². The largest absolute Gasteiger partial charge is 0.391 e. The molecule has 4 rings (SSSR count). The fourth-order valence-electron chi connectivity index (χ4n) is 4.50. The van der Waals surface area contributed by atoms with E-state index in [4.69, 9.17) is 0 Å². The average Bonchev–Trinajstić information content (AvgIpc) is 3.31. The van der Waals surface area contributed by atoms with Gasteiger partial charge in [0.05, 0.1) is 18.1 Å². The van der Waals surface area contributed by atoms with Crippen LogP contribution in [0.4, 0.5) is 10.1 Å². The Morgan fingerprint density at radius 3 is 2.80 bits per heavy atom. The number of aryl methyl sites for hydroxylation is 1. The number of nitrogens with one attached hydrogen (secondary N) is 2. The summed E-state index contributed by atoms with van der Waals surface area (Å²) >= 11 is 0. The van der Waals surface area contributed by atoms with Gasteiger partial charge in [-0.3, -0.25) is 4.79 Å². The lowest BCUT2D eigenvalue weighted by Gasteiger charge is -2.26. The summed E-state index contributed by atoms with van der Waals surface area (Å²) in [5.41, 5.74) is 0.906. The summed E-state index contributed by atoms with van der Waals surface area (Å²) in [6.07, 6.45) is 7.86. The van der Waals surface area contributed by atoms with E-state index in [2.05, 4.69) is 10.0 Å². The number of carbonyl (C=O) groups excluding carboxylic acids is 1. The zero-order chi connectivity index (χ0) is 21.5. The number of anilines is 1. The molecule has 2 aliphatic carbocycles. The van der Waals surface area contributed by atoms with E-state index in [9.17, 15) is 22.7 Å². The van der Waals surface area contributed by atoms with Crippen molar-refractivity contribution in [3.8, 4) is 0 Å². The molecule has 3 N–H and O–H groups in total. The van der Waals surface area contributed by atoms with Gasteiger partial charge in [0.25, 0.3) is 10.2 Å². The first-order chi connectivity index (χ1) is 14.2. The van der Waals surface area contributed by atoms with Gasteiger partial charge < -0.3 is 10.4 Å². The van der Waals surface area contributed by atoms with E-state index in [1.54, 1.807) is 13.0 Å². The first-order valence-electron chi connectivity index (χ1n) is 10.1. The van der Waals surface area contributed by atoms with Crippen molar-refractivity contribution in [1.82, 2.24) is 9.03 Å². The van der Waals surface area contributed by atoms with Crippen LogP contribution in [0, 0.1) is 30.5 Å². The molecule has 162 valence electrons. The average molecular weight is 436 g/mol. The number of amides is 1. The summed E-state index contributed by atoms with van der Waals surface area (Å²) in [6, 6.07) is 3.73. The van der Waals surface area contributed by atoms with E-state index in [-0.39, 0.29) is 36.6 Å². The molecule has 0 radical (unpaired) electrons. The molecule has 5 atom stereocenters. The van der Waals surface area contributed by atoms with Crippen LogP contribution in [0.5, 0.6) is 0 Å². The molecule has 30 heavy (non-hydrogen) atoms. The molecule has 2 unspecified atom stereocenters. The number of halogens is 1. The standard InChI is InChI=1S/C21H26FN3O4S/c1-13-10-16(6-7-18(13)22)23-21(27)15-8-9-25(12-15)30(28,29)24-20-17-5-3-2-4-14(17)11-19(20)26/h2-7,10,14-15,17,19-20,24,26H,8-9,11-12H2,1H3,(H,23,27)/t14?,15-,17?,19+,20+/m0/s1. The number of benzene rings is 1. The molecule has 1 aromatic carbocycles. The van der Waals surface area contributed by atoms with Crippen molar-refractivity contribution >= 4 is 21.8 Å². The Hall–Kier alpha value is -2.07. The second-order valence-corrected chi connectivity index (χ2v) is 9.96. The Kier molecular flexibility index (Phi) is 5.80. The molecule has 0 aromatic heterocycles. The third kappa shape index (κ3) is 4.20. The number of allylic oxidation sites excluding steroid dienone is 3. The molecule has 2 fully saturated rings. The van der Waals surface area contributed by atoms with Crippen molar-refractivity contribution in [3.63, 3.8) is 0 Å². The number of hydrogen-bond acceptors (Lipinski definition) is 4. The molecule has 7 nitrogen and oxygen atoms in total. The normalized spacial score (nSPS) is 31.1. The first kappa shape index (κ1) is 21.2. The van der Waals surface area contributed by atoms with Gasteiger partial charge in [0.1, 0.15) is 5.82 Å². The number of aliphatic hydroxyl groups excluding tert-OH is 1. The van der Waals surface area contributed by atoms with Crippen LogP contribution in [0.15, 0.2) is 42.5 Å². The minimum absolute atomic E-state index is 0.0635. The topological polar surface area (TPSA) is 98.7 Å². The summed E-state index contributed by atoms with van der Waals surface area (Å²) in [4.78, 5) is 12.6. The van der Waals surface area contributed by atoms with E-state index in [0.29, 0.717) is 24.1 Å². The predicted octanol–water partition coefficient (Wildman–Crippen LogP) is 1.72. The van der Waals surface area contributed by atoms with Crippen LogP contribution < -0.4 is 10.0 Å². The molecule has 0 spiro atoms. The maximum absolute atomic E-state index is 13.4.